The highest BCUT2D eigenvalue weighted by atomic mass is 19.1. The van der Waals surface area contributed by atoms with Crippen LogP contribution in [0.5, 0.6) is 11.5 Å². The van der Waals surface area contributed by atoms with E-state index >= 15 is 0 Å². The van der Waals surface area contributed by atoms with Gasteiger partial charge in [0, 0.05) is 17.4 Å². The van der Waals surface area contributed by atoms with Gasteiger partial charge in [-0.05, 0) is 35.7 Å². The molecule has 0 saturated heterocycles. The van der Waals surface area contributed by atoms with Crippen molar-refractivity contribution in [1.29, 1.82) is 0 Å². The van der Waals surface area contributed by atoms with E-state index in [4.69, 9.17) is 9.47 Å². The fourth-order valence-electron chi connectivity index (χ4n) is 2.85. The zero-order chi connectivity index (χ0) is 19.5. The molecule has 2 heterocycles. The number of rotatable bonds is 5. The molecule has 0 spiro atoms. The van der Waals surface area contributed by atoms with Crippen molar-refractivity contribution in [2.45, 2.75) is 19.8 Å². The van der Waals surface area contributed by atoms with Crippen LogP contribution in [0.25, 0.3) is 0 Å². The molecule has 0 bridgehead atoms. The number of nitrogens with zero attached hydrogens (tertiary/aromatic N) is 2. The molecule has 6 nitrogen and oxygen atoms in total. The second-order valence-corrected chi connectivity index (χ2v) is 6.78. The normalized spacial score (nSPS) is 12.7. The van der Waals surface area contributed by atoms with Crippen molar-refractivity contribution >= 4 is 23.1 Å². The first-order valence-corrected chi connectivity index (χ1v) is 9.15. The molecule has 0 aliphatic carbocycles. The van der Waals surface area contributed by atoms with E-state index in [0.717, 1.165) is 11.9 Å². The number of benzene rings is 2. The maximum Gasteiger partial charge on any atom is 0.229 e. The van der Waals surface area contributed by atoms with Crippen LogP contribution < -0.4 is 20.1 Å². The Labute approximate surface area is 162 Å². The lowest BCUT2D eigenvalue weighted by atomic mass is 10.0. The summed E-state index contributed by atoms with van der Waals surface area (Å²) in [7, 11) is 0. The first-order chi connectivity index (χ1) is 13.6. The number of hydrogen-bond acceptors (Lipinski definition) is 6. The molecule has 1 aliphatic rings. The number of hydrogen-bond donors (Lipinski definition) is 2. The van der Waals surface area contributed by atoms with Crippen LogP contribution in [-0.2, 0) is 0 Å². The molecule has 2 N–H and O–H groups in total. The third-order valence-electron chi connectivity index (χ3n) is 4.38. The molecule has 0 radical (unpaired) electrons. The van der Waals surface area contributed by atoms with E-state index in [9.17, 15) is 4.39 Å². The zero-order valence-electron chi connectivity index (χ0n) is 15.7. The van der Waals surface area contributed by atoms with Crippen molar-refractivity contribution in [2.24, 2.45) is 0 Å². The Morgan fingerprint density at radius 3 is 2.39 bits per heavy atom. The van der Waals surface area contributed by atoms with Gasteiger partial charge in [-0.2, -0.15) is 4.98 Å². The number of halogens is 1. The summed E-state index contributed by atoms with van der Waals surface area (Å²) in [6, 6.07) is 13.3. The van der Waals surface area contributed by atoms with Gasteiger partial charge >= 0.3 is 0 Å². The molecule has 1 aromatic heterocycles. The van der Waals surface area contributed by atoms with Gasteiger partial charge in [0.25, 0.3) is 0 Å². The van der Waals surface area contributed by atoms with Crippen molar-refractivity contribution in [3.63, 3.8) is 0 Å². The zero-order valence-corrected chi connectivity index (χ0v) is 15.7. The largest absolute Gasteiger partial charge is 0.486 e. The van der Waals surface area contributed by atoms with E-state index < -0.39 is 5.82 Å². The predicted octanol–water partition coefficient (Wildman–Crippen LogP) is 5.00. The molecule has 144 valence electrons. The average molecular weight is 380 g/mol. The van der Waals surface area contributed by atoms with Gasteiger partial charge in [-0.3, -0.25) is 0 Å². The molecule has 1 aliphatic heterocycles. The SMILES string of the molecule is CC(C)c1ccc(Nc2ncc(F)c(Nc3ccc4c(c3)OCCO4)n2)cc1. The Kier molecular flexibility index (Phi) is 4.97. The molecular formula is C21H21FN4O2. The summed E-state index contributed by atoms with van der Waals surface area (Å²) < 4.78 is 25.3. The third-order valence-corrected chi connectivity index (χ3v) is 4.38. The molecule has 28 heavy (non-hydrogen) atoms. The quantitative estimate of drug-likeness (QED) is 0.649. The van der Waals surface area contributed by atoms with Gasteiger partial charge in [0.15, 0.2) is 23.1 Å². The molecule has 4 rings (SSSR count). The summed E-state index contributed by atoms with van der Waals surface area (Å²) in [5, 5.41) is 6.07. The molecule has 2 aromatic carbocycles. The Hall–Kier alpha value is -3.35. The molecule has 7 heteroatoms. The van der Waals surface area contributed by atoms with E-state index in [0.29, 0.717) is 42.3 Å². The lowest BCUT2D eigenvalue weighted by Crippen LogP contribution is -2.15. The van der Waals surface area contributed by atoms with E-state index in [-0.39, 0.29) is 5.82 Å². The summed E-state index contributed by atoms with van der Waals surface area (Å²) >= 11 is 0. The minimum atomic E-state index is -0.546. The molecule has 0 amide bonds. The van der Waals surface area contributed by atoms with Gasteiger partial charge in [0.1, 0.15) is 13.2 Å². The van der Waals surface area contributed by atoms with Gasteiger partial charge in [-0.25, -0.2) is 9.37 Å². The van der Waals surface area contributed by atoms with Crippen molar-refractivity contribution < 1.29 is 13.9 Å². The van der Waals surface area contributed by atoms with Crippen LogP contribution in [0.15, 0.2) is 48.7 Å². The van der Waals surface area contributed by atoms with Gasteiger partial charge in [-0.15, -0.1) is 0 Å². The maximum absolute atomic E-state index is 14.2. The molecule has 0 atom stereocenters. The highest BCUT2D eigenvalue weighted by Gasteiger charge is 2.13. The second kappa shape index (κ2) is 7.72. The number of ether oxygens (including phenoxy) is 2. The highest BCUT2D eigenvalue weighted by Crippen LogP contribution is 2.33. The van der Waals surface area contributed by atoms with Crippen molar-refractivity contribution in [3.05, 3.63) is 60.0 Å². The molecule has 0 fully saturated rings. The fraction of sp³-hybridized carbons (Fsp3) is 0.238. The van der Waals surface area contributed by atoms with E-state index in [2.05, 4.69) is 34.4 Å². The predicted molar refractivity (Wildman–Crippen MR) is 107 cm³/mol. The minimum absolute atomic E-state index is 0.0768. The maximum atomic E-state index is 14.2. The lowest BCUT2D eigenvalue weighted by molar-refractivity contribution is 0.171. The monoisotopic (exact) mass is 380 g/mol. The number of fused-ring (bicyclic) bond motifs is 1. The van der Waals surface area contributed by atoms with Gasteiger partial charge in [0.05, 0.1) is 6.20 Å². The summed E-state index contributed by atoms with van der Waals surface area (Å²) in [5.41, 5.74) is 2.72. The molecule has 0 saturated carbocycles. The van der Waals surface area contributed by atoms with Crippen LogP contribution in [0.1, 0.15) is 25.3 Å². The topological polar surface area (TPSA) is 68.3 Å². The van der Waals surface area contributed by atoms with E-state index in [1.165, 1.54) is 5.56 Å². The molecule has 3 aromatic rings. The van der Waals surface area contributed by atoms with Crippen LogP contribution in [0.3, 0.4) is 0 Å². The summed E-state index contributed by atoms with van der Waals surface area (Å²) in [6.07, 6.45) is 1.14. The van der Waals surface area contributed by atoms with Crippen LogP contribution in [-0.4, -0.2) is 23.2 Å². The first kappa shape index (κ1) is 18.0. The summed E-state index contributed by atoms with van der Waals surface area (Å²) in [6.45, 7) is 5.29. The Balaban J connectivity index is 1.52. The van der Waals surface area contributed by atoms with Crippen molar-refractivity contribution in [3.8, 4) is 11.5 Å². The fourth-order valence-corrected chi connectivity index (χ4v) is 2.85. The number of aromatic nitrogens is 2. The van der Waals surface area contributed by atoms with Crippen LogP contribution in [0.2, 0.25) is 0 Å². The van der Waals surface area contributed by atoms with Crippen LogP contribution >= 0.6 is 0 Å². The van der Waals surface area contributed by atoms with Gasteiger partial charge < -0.3 is 20.1 Å². The van der Waals surface area contributed by atoms with Gasteiger partial charge in [-0.1, -0.05) is 26.0 Å². The summed E-state index contributed by atoms with van der Waals surface area (Å²) in [5.74, 6) is 1.58. The Bertz CT molecular complexity index is 977. The average Bonchev–Trinajstić information content (AvgIpc) is 2.71. The molecule has 0 unspecified atom stereocenters. The van der Waals surface area contributed by atoms with E-state index in [1.807, 2.05) is 24.3 Å². The Morgan fingerprint density at radius 2 is 1.64 bits per heavy atom. The second-order valence-electron chi connectivity index (χ2n) is 6.78. The summed E-state index contributed by atoms with van der Waals surface area (Å²) in [4.78, 5) is 8.27. The minimum Gasteiger partial charge on any atom is -0.486 e. The van der Waals surface area contributed by atoms with Crippen molar-refractivity contribution in [1.82, 2.24) is 9.97 Å². The first-order valence-electron chi connectivity index (χ1n) is 9.15. The highest BCUT2D eigenvalue weighted by molar-refractivity contribution is 5.63. The van der Waals surface area contributed by atoms with Crippen LogP contribution in [0.4, 0.5) is 27.5 Å². The third kappa shape index (κ3) is 3.98. The Morgan fingerprint density at radius 1 is 0.929 bits per heavy atom. The van der Waals surface area contributed by atoms with Crippen LogP contribution in [0, 0.1) is 5.82 Å². The van der Waals surface area contributed by atoms with E-state index in [1.54, 1.807) is 18.2 Å². The lowest BCUT2D eigenvalue weighted by Gasteiger charge is -2.19. The molecular weight excluding hydrogens is 359 g/mol. The number of anilines is 4. The number of nitrogens with one attached hydrogen (secondary N) is 2. The van der Waals surface area contributed by atoms with Crippen molar-refractivity contribution in [2.75, 3.05) is 23.8 Å². The van der Waals surface area contributed by atoms with Gasteiger partial charge in [0.2, 0.25) is 5.95 Å². The standard InChI is InChI=1S/C21H21FN4O2/c1-13(2)14-3-5-15(6-4-14)25-21-23-12-17(22)20(26-21)24-16-7-8-18-19(11-16)28-10-9-27-18/h3-8,11-13H,9-10H2,1-2H3,(H2,23,24,25,26). The smallest absolute Gasteiger partial charge is 0.229 e.